The van der Waals surface area contributed by atoms with Gasteiger partial charge in [0.2, 0.25) is 0 Å². The fraction of sp³-hybridized carbons (Fsp3) is 0.290. The third-order valence-electron chi connectivity index (χ3n) is 8.12. The van der Waals surface area contributed by atoms with Gasteiger partial charge in [-0.3, -0.25) is 0 Å². The molecule has 9 heteroatoms. The van der Waals surface area contributed by atoms with E-state index in [4.69, 9.17) is 24.2 Å². The van der Waals surface area contributed by atoms with Crippen molar-refractivity contribution >= 4 is 36.4 Å². The number of nitrogens with zero attached hydrogens (tertiary/aromatic N) is 1. The molecular formula is C31H32BN3O5. The number of hydrogen-bond donors (Lipinski definition) is 2. The Balaban J connectivity index is 1.19. The molecule has 0 spiro atoms. The van der Waals surface area contributed by atoms with Crippen molar-refractivity contribution < 1.29 is 23.3 Å². The van der Waals surface area contributed by atoms with E-state index < -0.39 is 24.4 Å². The summed E-state index contributed by atoms with van der Waals surface area (Å²) in [6.45, 7) is 8.38. The van der Waals surface area contributed by atoms with Crippen LogP contribution >= 0.6 is 0 Å². The van der Waals surface area contributed by atoms with Crippen molar-refractivity contribution in [3.8, 4) is 11.1 Å². The summed E-state index contributed by atoms with van der Waals surface area (Å²) in [7, 11) is -0.656. The number of carbonyl (C=O) groups excluding carboxylic acids is 1. The molecule has 1 aliphatic carbocycles. The standard InChI is InChI=1S/C31H32BN3O5/c1-30(2)31(3,4)40-32(39-30)20(15-19-13-14-27-26(16-19)35-28(33)38-27)17-34-29(36)37-18-25-23-11-7-5-9-21(23)22-10-6-8-12-24(22)25/h5-16,25H,17-18H2,1-4H3,(H2,33,35)(H,34,36). The quantitative estimate of drug-likeness (QED) is 0.292. The Morgan fingerprint density at radius 3 is 2.27 bits per heavy atom. The summed E-state index contributed by atoms with van der Waals surface area (Å²) in [5.74, 6) is -0.0158. The van der Waals surface area contributed by atoms with Gasteiger partial charge in [0, 0.05) is 12.5 Å². The summed E-state index contributed by atoms with van der Waals surface area (Å²) in [5.41, 5.74) is 12.2. The van der Waals surface area contributed by atoms with Crippen LogP contribution in [0.1, 0.15) is 50.3 Å². The third-order valence-corrected chi connectivity index (χ3v) is 8.12. The Bertz CT molecular complexity index is 1560. The average Bonchev–Trinajstić information content (AvgIpc) is 3.52. The number of fused-ring (bicyclic) bond motifs is 4. The highest BCUT2D eigenvalue weighted by Crippen LogP contribution is 2.44. The number of rotatable bonds is 6. The number of ether oxygens (including phenoxy) is 1. The molecule has 1 aliphatic heterocycles. The third kappa shape index (κ3) is 4.76. The zero-order valence-corrected chi connectivity index (χ0v) is 23.1. The van der Waals surface area contributed by atoms with Gasteiger partial charge in [-0.25, -0.2) is 4.79 Å². The number of nitrogens with two attached hydrogens (primary N) is 1. The summed E-state index contributed by atoms with van der Waals surface area (Å²) >= 11 is 0. The molecule has 0 saturated carbocycles. The first kappa shape index (κ1) is 26.2. The summed E-state index contributed by atoms with van der Waals surface area (Å²) in [4.78, 5) is 17.2. The largest absolute Gasteiger partial charge is 0.492 e. The number of nitrogens with one attached hydrogen (secondary N) is 1. The number of carbonyl (C=O) groups is 1. The smallest absolute Gasteiger partial charge is 0.449 e. The molecule has 3 aromatic carbocycles. The monoisotopic (exact) mass is 537 g/mol. The van der Waals surface area contributed by atoms with Crippen LogP contribution in [0.25, 0.3) is 28.3 Å². The van der Waals surface area contributed by atoms with E-state index in [0.717, 1.165) is 22.2 Å². The van der Waals surface area contributed by atoms with Gasteiger partial charge in [-0.2, -0.15) is 4.98 Å². The molecule has 0 bridgehead atoms. The normalized spacial score (nSPS) is 17.6. The number of alkyl carbamates (subject to hydrolysis) is 1. The van der Waals surface area contributed by atoms with E-state index >= 15 is 0 Å². The van der Waals surface area contributed by atoms with E-state index in [1.807, 2.05) is 76.2 Å². The Morgan fingerprint density at radius 1 is 1.00 bits per heavy atom. The number of aromatic nitrogens is 1. The number of amides is 1. The number of nitrogen functional groups attached to an aromatic ring is 1. The zero-order valence-electron chi connectivity index (χ0n) is 23.1. The molecule has 1 saturated heterocycles. The first-order valence-corrected chi connectivity index (χ1v) is 13.4. The molecule has 4 aromatic rings. The molecule has 0 radical (unpaired) electrons. The van der Waals surface area contributed by atoms with E-state index in [-0.39, 0.29) is 25.1 Å². The number of oxazole rings is 1. The van der Waals surface area contributed by atoms with Crippen LogP contribution in [0.4, 0.5) is 10.8 Å². The van der Waals surface area contributed by atoms with Gasteiger partial charge >= 0.3 is 13.2 Å². The highest BCUT2D eigenvalue weighted by molar-refractivity contribution is 6.56. The molecule has 1 fully saturated rings. The van der Waals surface area contributed by atoms with E-state index in [9.17, 15) is 4.79 Å². The molecule has 0 atom stereocenters. The van der Waals surface area contributed by atoms with Crippen molar-refractivity contribution in [2.75, 3.05) is 18.9 Å². The Hall–Kier alpha value is -4.08. The fourth-order valence-corrected chi connectivity index (χ4v) is 5.29. The lowest BCUT2D eigenvalue weighted by atomic mass is 9.77. The minimum absolute atomic E-state index is 0.0158. The molecule has 204 valence electrons. The van der Waals surface area contributed by atoms with Crippen molar-refractivity contribution in [2.45, 2.75) is 44.8 Å². The molecular weight excluding hydrogens is 505 g/mol. The number of benzene rings is 3. The van der Waals surface area contributed by atoms with Gasteiger partial charge < -0.3 is 29.5 Å². The topological polar surface area (TPSA) is 109 Å². The lowest BCUT2D eigenvalue weighted by Crippen LogP contribution is -2.41. The van der Waals surface area contributed by atoms with Gasteiger partial charge in [0.05, 0.1) is 11.2 Å². The number of hydrogen-bond acceptors (Lipinski definition) is 7. The number of anilines is 1. The van der Waals surface area contributed by atoms with Gasteiger partial charge in [-0.15, -0.1) is 0 Å². The molecule has 1 aromatic heterocycles. The maximum absolute atomic E-state index is 12.9. The maximum Gasteiger partial charge on any atom is 0.492 e. The van der Waals surface area contributed by atoms with E-state index in [2.05, 4.69) is 34.6 Å². The molecule has 6 rings (SSSR count). The zero-order chi connectivity index (χ0) is 28.1. The molecule has 40 heavy (non-hydrogen) atoms. The summed E-state index contributed by atoms with van der Waals surface area (Å²) in [6, 6.07) is 22.2. The van der Waals surface area contributed by atoms with Crippen molar-refractivity contribution in [3.05, 3.63) is 88.9 Å². The lowest BCUT2D eigenvalue weighted by molar-refractivity contribution is 0.00578. The van der Waals surface area contributed by atoms with Crippen LogP contribution in [-0.4, -0.2) is 42.5 Å². The summed E-state index contributed by atoms with van der Waals surface area (Å²) in [6.07, 6.45) is 1.42. The Kier molecular flexibility index (Phi) is 6.43. The maximum atomic E-state index is 12.9. The minimum Gasteiger partial charge on any atom is -0.449 e. The van der Waals surface area contributed by atoms with Crippen LogP contribution in [0.2, 0.25) is 0 Å². The van der Waals surface area contributed by atoms with Crippen molar-refractivity contribution in [2.24, 2.45) is 0 Å². The highest BCUT2D eigenvalue weighted by Gasteiger charge is 2.52. The summed E-state index contributed by atoms with van der Waals surface area (Å²) < 4.78 is 23.8. The fourth-order valence-electron chi connectivity index (χ4n) is 5.29. The first-order valence-electron chi connectivity index (χ1n) is 13.4. The molecule has 1 amide bonds. The van der Waals surface area contributed by atoms with Crippen LogP contribution in [0.3, 0.4) is 0 Å². The molecule has 8 nitrogen and oxygen atoms in total. The van der Waals surface area contributed by atoms with Crippen molar-refractivity contribution in [1.29, 1.82) is 0 Å². The average molecular weight is 537 g/mol. The second kappa shape index (κ2) is 9.84. The molecule has 3 N–H and O–H groups in total. The Labute approximate surface area is 233 Å². The summed E-state index contributed by atoms with van der Waals surface area (Å²) in [5, 5.41) is 2.90. The van der Waals surface area contributed by atoms with Gasteiger partial charge in [-0.1, -0.05) is 60.7 Å². The minimum atomic E-state index is -0.656. The van der Waals surface area contributed by atoms with Gasteiger partial charge in [0.15, 0.2) is 5.58 Å². The predicted octanol–water partition coefficient (Wildman–Crippen LogP) is 5.96. The van der Waals surface area contributed by atoms with Crippen molar-refractivity contribution in [1.82, 2.24) is 10.3 Å². The van der Waals surface area contributed by atoms with Crippen LogP contribution in [0.5, 0.6) is 0 Å². The second-order valence-electron chi connectivity index (χ2n) is 11.3. The van der Waals surface area contributed by atoms with Crippen molar-refractivity contribution in [3.63, 3.8) is 0 Å². The van der Waals surface area contributed by atoms with E-state index in [1.165, 1.54) is 11.1 Å². The van der Waals surface area contributed by atoms with Crippen LogP contribution < -0.4 is 11.1 Å². The van der Waals surface area contributed by atoms with E-state index in [1.54, 1.807) is 0 Å². The lowest BCUT2D eigenvalue weighted by Gasteiger charge is -2.32. The van der Waals surface area contributed by atoms with Crippen LogP contribution in [-0.2, 0) is 14.0 Å². The van der Waals surface area contributed by atoms with Gasteiger partial charge in [0.25, 0.3) is 6.01 Å². The SMILES string of the molecule is CC1(C)OB(C(=Cc2ccc3oc(N)nc3c2)CNC(=O)OCC2c3ccccc3-c3ccccc32)OC1(C)C. The Morgan fingerprint density at radius 2 is 1.62 bits per heavy atom. The molecule has 2 heterocycles. The van der Waals surface area contributed by atoms with Crippen LogP contribution in [0, 0.1) is 0 Å². The second-order valence-corrected chi connectivity index (χ2v) is 11.3. The highest BCUT2D eigenvalue weighted by atomic mass is 16.7. The van der Waals surface area contributed by atoms with Gasteiger partial charge in [0.1, 0.15) is 12.1 Å². The van der Waals surface area contributed by atoms with E-state index in [0.29, 0.717) is 11.1 Å². The van der Waals surface area contributed by atoms with Gasteiger partial charge in [-0.05, 0) is 73.1 Å². The molecule has 2 aliphatic rings. The molecule has 0 unspecified atom stereocenters. The van der Waals surface area contributed by atoms with Crippen LogP contribution in [0.15, 0.2) is 76.6 Å². The predicted molar refractivity (Wildman–Crippen MR) is 156 cm³/mol. The first-order chi connectivity index (χ1) is 19.1.